The van der Waals surface area contributed by atoms with E-state index < -0.39 is 0 Å². The number of carbonyl (C=O) groups is 1. The molecule has 1 fully saturated rings. The van der Waals surface area contributed by atoms with E-state index in [0.29, 0.717) is 35.6 Å². The van der Waals surface area contributed by atoms with Crippen molar-refractivity contribution in [1.82, 2.24) is 30.5 Å². The molecule has 1 saturated heterocycles. The van der Waals surface area contributed by atoms with Crippen LogP contribution in [0, 0.1) is 13.8 Å². The maximum Gasteiger partial charge on any atom is 0.255 e. The molecule has 0 radical (unpaired) electrons. The number of pyridine rings is 1. The monoisotopic (exact) mass is 514 g/mol. The van der Waals surface area contributed by atoms with Crippen LogP contribution in [0.25, 0.3) is 0 Å². The first kappa shape index (κ1) is 27.9. The fraction of sp³-hybridized carbons (Fsp3) is 0.484. The van der Waals surface area contributed by atoms with Gasteiger partial charge in [-0.1, -0.05) is 50.1 Å². The molecule has 2 aromatic heterocycles. The van der Waals surface area contributed by atoms with E-state index in [4.69, 9.17) is 4.98 Å². The Morgan fingerprint density at radius 1 is 1.03 bits per heavy atom. The quantitative estimate of drug-likeness (QED) is 0.356. The average molecular weight is 515 g/mol. The number of hydrogen-bond donors (Lipinski definition) is 2. The second-order valence-corrected chi connectivity index (χ2v) is 10.3. The van der Waals surface area contributed by atoms with Crippen LogP contribution in [-0.4, -0.2) is 51.4 Å². The highest BCUT2D eigenvalue weighted by Crippen LogP contribution is 2.30. The number of piperidine rings is 1. The molecule has 4 rings (SSSR count). The molecule has 2 N–H and O–H groups in total. The van der Waals surface area contributed by atoms with Crippen LogP contribution in [-0.2, 0) is 13.0 Å². The Hall–Kier alpha value is -3.16. The Kier molecular flexibility index (Phi) is 10.4. The van der Waals surface area contributed by atoms with Gasteiger partial charge in [-0.25, -0.2) is 9.97 Å². The maximum absolute atomic E-state index is 12.7. The first-order chi connectivity index (χ1) is 18.6. The highest BCUT2D eigenvalue weighted by molar-refractivity contribution is 5.96. The largest absolute Gasteiger partial charge is 0.348 e. The fourth-order valence-electron chi connectivity index (χ4n) is 5.46. The lowest BCUT2D eigenvalue weighted by Crippen LogP contribution is -2.46. The zero-order valence-electron chi connectivity index (χ0n) is 23.1. The molecule has 3 heterocycles. The van der Waals surface area contributed by atoms with E-state index in [2.05, 4.69) is 68.8 Å². The SMILES string of the molecule is CCCCC(c1ccccn1)N(CCc1ccc(CNC(=O)c2c(C)ncnc2C)cc1)C1CCNCC1. The zero-order valence-corrected chi connectivity index (χ0v) is 23.1. The van der Waals surface area contributed by atoms with Crippen molar-refractivity contribution in [1.29, 1.82) is 0 Å². The molecule has 1 amide bonds. The van der Waals surface area contributed by atoms with Crippen LogP contribution < -0.4 is 10.6 Å². The Morgan fingerprint density at radius 2 is 1.74 bits per heavy atom. The number of benzene rings is 1. The summed E-state index contributed by atoms with van der Waals surface area (Å²) in [4.78, 5) is 28.5. The lowest BCUT2D eigenvalue weighted by molar-refractivity contribution is 0.0948. The summed E-state index contributed by atoms with van der Waals surface area (Å²) in [5.41, 5.74) is 5.56. The van der Waals surface area contributed by atoms with Crippen molar-refractivity contribution >= 4 is 5.91 Å². The van der Waals surface area contributed by atoms with Crippen molar-refractivity contribution in [2.45, 2.75) is 77.9 Å². The third kappa shape index (κ3) is 7.45. The van der Waals surface area contributed by atoms with Gasteiger partial charge < -0.3 is 10.6 Å². The van der Waals surface area contributed by atoms with Gasteiger partial charge in [0.25, 0.3) is 5.91 Å². The first-order valence-electron chi connectivity index (χ1n) is 14.1. The van der Waals surface area contributed by atoms with Crippen LogP contribution >= 0.6 is 0 Å². The summed E-state index contributed by atoms with van der Waals surface area (Å²) < 4.78 is 0. The number of aryl methyl sites for hydroxylation is 2. The summed E-state index contributed by atoms with van der Waals surface area (Å²) in [5, 5.41) is 6.55. The molecular formula is C31H42N6O. The average Bonchev–Trinajstić information content (AvgIpc) is 2.95. The van der Waals surface area contributed by atoms with Crippen molar-refractivity contribution in [3.8, 4) is 0 Å². The molecule has 1 unspecified atom stereocenters. The first-order valence-corrected chi connectivity index (χ1v) is 14.1. The van der Waals surface area contributed by atoms with Gasteiger partial charge in [-0.15, -0.1) is 0 Å². The molecule has 1 atom stereocenters. The van der Waals surface area contributed by atoms with Gasteiger partial charge in [0.15, 0.2) is 0 Å². The van der Waals surface area contributed by atoms with Crippen LogP contribution in [0.3, 0.4) is 0 Å². The van der Waals surface area contributed by atoms with E-state index in [1.807, 2.05) is 26.1 Å². The Bertz CT molecular complexity index is 1120. The van der Waals surface area contributed by atoms with E-state index in [0.717, 1.165) is 38.0 Å². The number of nitrogens with zero attached hydrogens (tertiary/aromatic N) is 4. The molecule has 0 bridgehead atoms. The van der Waals surface area contributed by atoms with Gasteiger partial charge in [0.05, 0.1) is 28.7 Å². The second-order valence-electron chi connectivity index (χ2n) is 10.3. The molecule has 202 valence electrons. The molecular weight excluding hydrogens is 472 g/mol. The smallest absolute Gasteiger partial charge is 0.255 e. The van der Waals surface area contributed by atoms with Crippen LogP contribution in [0.2, 0.25) is 0 Å². The van der Waals surface area contributed by atoms with E-state index in [9.17, 15) is 4.79 Å². The maximum atomic E-state index is 12.7. The highest BCUT2D eigenvalue weighted by Gasteiger charge is 2.29. The topological polar surface area (TPSA) is 83.0 Å². The molecule has 3 aromatic rings. The summed E-state index contributed by atoms with van der Waals surface area (Å²) >= 11 is 0. The predicted octanol–water partition coefficient (Wildman–Crippen LogP) is 4.95. The number of aromatic nitrogens is 3. The molecule has 0 spiro atoms. The van der Waals surface area contributed by atoms with Crippen molar-refractivity contribution in [3.05, 3.63) is 88.8 Å². The summed E-state index contributed by atoms with van der Waals surface area (Å²) in [6.07, 6.45) is 10.3. The van der Waals surface area contributed by atoms with E-state index in [1.54, 1.807) is 0 Å². The molecule has 0 aliphatic carbocycles. The van der Waals surface area contributed by atoms with Crippen LogP contribution in [0.4, 0.5) is 0 Å². The molecule has 0 saturated carbocycles. The van der Waals surface area contributed by atoms with Gasteiger partial charge in [-0.2, -0.15) is 0 Å². The van der Waals surface area contributed by atoms with Crippen LogP contribution in [0.5, 0.6) is 0 Å². The number of carbonyl (C=O) groups excluding carboxylic acids is 1. The van der Waals surface area contributed by atoms with Gasteiger partial charge in [0.2, 0.25) is 0 Å². The van der Waals surface area contributed by atoms with Gasteiger partial charge in [0.1, 0.15) is 6.33 Å². The van der Waals surface area contributed by atoms with Gasteiger partial charge in [-0.3, -0.25) is 14.7 Å². The Morgan fingerprint density at radius 3 is 2.39 bits per heavy atom. The molecule has 7 nitrogen and oxygen atoms in total. The Balaban J connectivity index is 1.41. The zero-order chi connectivity index (χ0) is 26.7. The molecule has 7 heteroatoms. The van der Waals surface area contributed by atoms with Crippen molar-refractivity contribution in [2.75, 3.05) is 19.6 Å². The minimum atomic E-state index is -0.130. The van der Waals surface area contributed by atoms with Crippen molar-refractivity contribution < 1.29 is 4.79 Å². The summed E-state index contributed by atoms with van der Waals surface area (Å²) in [7, 11) is 0. The normalized spacial score (nSPS) is 14.9. The Labute approximate surface area is 227 Å². The van der Waals surface area contributed by atoms with Crippen molar-refractivity contribution in [2.24, 2.45) is 0 Å². The lowest BCUT2D eigenvalue weighted by atomic mass is 9.96. The fourth-order valence-corrected chi connectivity index (χ4v) is 5.46. The van der Waals surface area contributed by atoms with Crippen LogP contribution in [0.15, 0.2) is 55.0 Å². The second kappa shape index (κ2) is 14.1. The minimum Gasteiger partial charge on any atom is -0.348 e. The summed E-state index contributed by atoms with van der Waals surface area (Å²) in [6, 6.07) is 15.9. The van der Waals surface area contributed by atoms with Crippen molar-refractivity contribution in [3.63, 3.8) is 0 Å². The highest BCUT2D eigenvalue weighted by atomic mass is 16.1. The summed E-state index contributed by atoms with van der Waals surface area (Å²) in [5.74, 6) is -0.130. The molecule has 1 aliphatic heterocycles. The minimum absolute atomic E-state index is 0.130. The predicted molar refractivity (Wildman–Crippen MR) is 152 cm³/mol. The van der Waals surface area contributed by atoms with E-state index >= 15 is 0 Å². The number of amides is 1. The van der Waals surface area contributed by atoms with Gasteiger partial charge in [-0.05, 0) is 75.9 Å². The number of rotatable bonds is 12. The van der Waals surface area contributed by atoms with Gasteiger partial charge in [0, 0.05) is 25.3 Å². The lowest BCUT2D eigenvalue weighted by Gasteiger charge is -2.40. The van der Waals surface area contributed by atoms with E-state index in [1.165, 1.54) is 43.3 Å². The number of unbranched alkanes of at least 4 members (excludes halogenated alkanes) is 1. The summed E-state index contributed by atoms with van der Waals surface area (Å²) in [6.45, 7) is 9.60. The number of hydrogen-bond acceptors (Lipinski definition) is 6. The van der Waals surface area contributed by atoms with Gasteiger partial charge >= 0.3 is 0 Å². The standard InChI is InChI=1S/C31H42N6O/c1-4-5-9-29(28-8-6-7-17-33-28)37(27-14-18-32-19-15-27)20-16-25-10-12-26(13-11-25)21-34-31(38)30-23(2)35-22-36-24(30)3/h6-8,10-13,17,22,27,29,32H,4-5,9,14-16,18-21H2,1-3H3,(H,34,38). The molecule has 1 aromatic carbocycles. The molecule has 1 aliphatic rings. The third-order valence-electron chi connectivity index (χ3n) is 7.63. The third-order valence-corrected chi connectivity index (χ3v) is 7.63. The van der Waals surface area contributed by atoms with E-state index in [-0.39, 0.29) is 5.91 Å². The number of nitrogens with one attached hydrogen (secondary N) is 2. The molecule has 38 heavy (non-hydrogen) atoms. The van der Waals surface area contributed by atoms with Crippen LogP contribution in [0.1, 0.15) is 83.6 Å².